The summed E-state index contributed by atoms with van der Waals surface area (Å²) < 4.78 is 139. The minimum Gasteiger partial charge on any atom is -0.435 e. The summed E-state index contributed by atoms with van der Waals surface area (Å²) in [4.78, 5) is 4.63. The van der Waals surface area contributed by atoms with Gasteiger partial charge in [0.15, 0.2) is 5.58 Å². The van der Waals surface area contributed by atoms with Gasteiger partial charge in [0.25, 0.3) is 20.0 Å². The van der Waals surface area contributed by atoms with Gasteiger partial charge in [0.1, 0.15) is 16.1 Å². The molecule has 1 N–H and O–H groups in total. The Kier molecular flexibility index (Phi) is 5.54. The van der Waals surface area contributed by atoms with E-state index in [1.807, 2.05) is 0 Å². The number of benzene rings is 1. The Morgan fingerprint density at radius 1 is 1.06 bits per heavy atom. The maximum absolute atomic E-state index is 13.2. The summed E-state index contributed by atoms with van der Waals surface area (Å²) in [6, 6.07) is 1.96. The molecular weight excluding hydrogens is 494 g/mol. The number of rotatable bonds is 4. The van der Waals surface area contributed by atoms with E-state index < -0.39 is 76.1 Å². The zero-order valence-corrected chi connectivity index (χ0v) is 17.1. The van der Waals surface area contributed by atoms with E-state index in [2.05, 4.69) is 9.97 Å². The smallest absolute Gasteiger partial charge is 0.435 e. The zero-order valence-electron chi connectivity index (χ0n) is 15.5. The van der Waals surface area contributed by atoms with E-state index in [1.54, 1.807) is 0 Å². The van der Waals surface area contributed by atoms with Crippen LogP contribution in [-0.4, -0.2) is 36.9 Å². The van der Waals surface area contributed by atoms with Crippen LogP contribution >= 0.6 is 0 Å². The summed E-state index contributed by atoms with van der Waals surface area (Å²) >= 11 is 0. The molecule has 0 spiro atoms. The Balaban J connectivity index is 2.28. The molecule has 0 radical (unpaired) electrons. The van der Waals surface area contributed by atoms with Gasteiger partial charge in [0.05, 0.1) is 10.5 Å². The average molecular weight is 504 g/mol. The third-order valence-electron chi connectivity index (χ3n) is 4.22. The number of hydrogen-bond acceptors (Lipinski definition) is 7. The van der Waals surface area contributed by atoms with Crippen molar-refractivity contribution in [3.8, 4) is 11.6 Å². The van der Waals surface area contributed by atoms with E-state index >= 15 is 0 Å². The molecule has 2 aromatic heterocycles. The molecule has 0 aliphatic carbocycles. The summed E-state index contributed by atoms with van der Waals surface area (Å²) in [5, 5.41) is 0. The van der Waals surface area contributed by atoms with Gasteiger partial charge in [-0.15, -0.1) is 0 Å². The van der Waals surface area contributed by atoms with Crippen LogP contribution in [0.15, 0.2) is 38.6 Å². The van der Waals surface area contributed by atoms with Gasteiger partial charge in [-0.2, -0.15) is 34.8 Å². The fraction of sp³-hybridized carbons (Fsp3) is 0.250. The van der Waals surface area contributed by atoms with Crippen LogP contribution in [0.4, 0.5) is 26.3 Å². The van der Waals surface area contributed by atoms with E-state index in [1.165, 1.54) is 6.92 Å². The molecule has 2 heterocycles. The van der Waals surface area contributed by atoms with Crippen LogP contribution in [0.1, 0.15) is 18.1 Å². The topological polar surface area (TPSA) is 127 Å². The highest BCUT2D eigenvalue weighted by molar-refractivity contribution is 7.92. The molecule has 0 fully saturated rings. The molecule has 0 saturated carbocycles. The molecule has 0 unspecified atom stereocenters. The van der Waals surface area contributed by atoms with Gasteiger partial charge >= 0.3 is 11.7 Å². The number of pyridine rings is 1. The first-order valence-electron chi connectivity index (χ1n) is 8.27. The maximum atomic E-state index is 13.2. The average Bonchev–Trinajstić information content (AvgIpc) is 3.07. The second kappa shape index (κ2) is 7.41. The standard InChI is InChI=1S/C16H10F6N2O6S2/c1-2-8-12(23-6-9(15(17,18)19)13(8)32(27,28)29)14-24-10-5-7(3-4-11(10)30-14)31(25,26)16(20,21)22/h3-6H,2H2,1H3,(H,27,28,29). The van der Waals surface area contributed by atoms with Gasteiger partial charge < -0.3 is 4.42 Å². The molecule has 3 rings (SSSR count). The highest BCUT2D eigenvalue weighted by Gasteiger charge is 2.47. The fourth-order valence-corrected chi connectivity index (χ4v) is 4.63. The molecule has 8 nitrogen and oxygen atoms in total. The summed E-state index contributed by atoms with van der Waals surface area (Å²) in [5.74, 6) is -0.600. The highest BCUT2D eigenvalue weighted by Crippen LogP contribution is 2.39. The number of sulfone groups is 1. The van der Waals surface area contributed by atoms with Crippen LogP contribution in [0.2, 0.25) is 0 Å². The normalized spacial score (nSPS) is 13.6. The lowest BCUT2D eigenvalue weighted by Crippen LogP contribution is -2.23. The fourth-order valence-electron chi connectivity index (χ4n) is 2.85. The van der Waals surface area contributed by atoms with Crippen LogP contribution in [-0.2, 0) is 32.6 Å². The van der Waals surface area contributed by atoms with Gasteiger partial charge in [-0.05, 0) is 24.6 Å². The molecule has 0 aliphatic heterocycles. The Labute approximate surface area is 175 Å². The lowest BCUT2D eigenvalue weighted by atomic mass is 10.1. The molecule has 0 amide bonds. The van der Waals surface area contributed by atoms with Crippen molar-refractivity contribution < 1.29 is 52.1 Å². The van der Waals surface area contributed by atoms with Gasteiger partial charge in [-0.1, -0.05) is 6.92 Å². The number of alkyl halides is 6. The van der Waals surface area contributed by atoms with Crippen molar-refractivity contribution in [3.05, 3.63) is 35.5 Å². The van der Waals surface area contributed by atoms with Crippen LogP contribution in [0.3, 0.4) is 0 Å². The first kappa shape index (κ1) is 23.9. The van der Waals surface area contributed by atoms with Gasteiger partial charge in [0, 0.05) is 11.8 Å². The second-order valence-electron chi connectivity index (χ2n) is 6.25. The molecule has 174 valence electrons. The number of halogens is 6. The van der Waals surface area contributed by atoms with E-state index in [9.17, 15) is 47.7 Å². The number of fused-ring (bicyclic) bond motifs is 1. The second-order valence-corrected chi connectivity index (χ2v) is 9.55. The molecule has 0 bridgehead atoms. The number of aromatic nitrogens is 2. The Morgan fingerprint density at radius 3 is 2.19 bits per heavy atom. The van der Waals surface area contributed by atoms with Gasteiger partial charge in [-0.3, -0.25) is 9.54 Å². The van der Waals surface area contributed by atoms with Crippen molar-refractivity contribution >= 4 is 31.1 Å². The predicted molar refractivity (Wildman–Crippen MR) is 94.7 cm³/mol. The monoisotopic (exact) mass is 504 g/mol. The largest absolute Gasteiger partial charge is 0.501 e. The van der Waals surface area contributed by atoms with Crippen LogP contribution in [0.25, 0.3) is 22.7 Å². The maximum Gasteiger partial charge on any atom is 0.501 e. The molecular formula is C16H10F6N2O6S2. The van der Waals surface area contributed by atoms with Crippen molar-refractivity contribution in [2.45, 2.75) is 34.8 Å². The van der Waals surface area contributed by atoms with Crippen molar-refractivity contribution in [1.29, 1.82) is 0 Å². The predicted octanol–water partition coefficient (Wildman–Crippen LogP) is 4.01. The third kappa shape index (κ3) is 4.04. The first-order chi connectivity index (χ1) is 14.5. The van der Waals surface area contributed by atoms with Crippen LogP contribution < -0.4 is 0 Å². The summed E-state index contributed by atoms with van der Waals surface area (Å²) in [6.45, 7) is 1.26. The first-order valence-corrected chi connectivity index (χ1v) is 11.2. The van der Waals surface area contributed by atoms with E-state index in [0.29, 0.717) is 12.1 Å². The molecule has 0 saturated heterocycles. The van der Waals surface area contributed by atoms with Gasteiger partial charge in [-0.25, -0.2) is 13.4 Å². The zero-order chi connectivity index (χ0) is 24.3. The molecule has 3 aromatic rings. The minimum absolute atomic E-state index is 0.131. The van der Waals surface area contributed by atoms with Crippen LogP contribution in [0, 0.1) is 0 Å². The number of oxazole rings is 1. The number of nitrogens with zero attached hydrogens (tertiary/aromatic N) is 2. The highest BCUT2D eigenvalue weighted by atomic mass is 32.2. The van der Waals surface area contributed by atoms with Crippen molar-refractivity contribution in [3.63, 3.8) is 0 Å². The number of hydrogen-bond donors (Lipinski definition) is 1. The minimum atomic E-state index is -5.72. The molecule has 16 heteroatoms. The Morgan fingerprint density at radius 2 is 1.69 bits per heavy atom. The van der Waals surface area contributed by atoms with Crippen molar-refractivity contribution in [1.82, 2.24) is 9.97 Å². The lowest BCUT2D eigenvalue weighted by molar-refractivity contribution is -0.140. The quantitative estimate of drug-likeness (QED) is 0.417. The molecule has 32 heavy (non-hydrogen) atoms. The van der Waals surface area contributed by atoms with Crippen molar-refractivity contribution in [2.75, 3.05) is 0 Å². The Bertz CT molecular complexity index is 1430. The molecule has 1 aromatic carbocycles. The molecule has 0 atom stereocenters. The SMILES string of the molecule is CCc1c(-c2nc3cc(S(=O)(=O)C(F)(F)F)ccc3o2)ncc(C(F)(F)F)c1S(=O)(=O)O. The summed E-state index contributed by atoms with van der Waals surface area (Å²) in [6.07, 6.45) is -5.46. The van der Waals surface area contributed by atoms with E-state index in [4.69, 9.17) is 4.42 Å². The van der Waals surface area contributed by atoms with E-state index in [-0.39, 0.29) is 11.8 Å². The lowest BCUT2D eigenvalue weighted by Gasteiger charge is -2.15. The summed E-state index contributed by atoms with van der Waals surface area (Å²) in [5.41, 5.74) is -9.15. The third-order valence-corrected chi connectivity index (χ3v) is 6.69. The Hall–Kier alpha value is -2.72. The van der Waals surface area contributed by atoms with E-state index in [0.717, 1.165) is 6.07 Å². The summed E-state index contributed by atoms with van der Waals surface area (Å²) in [7, 11) is -11.1. The van der Waals surface area contributed by atoms with Crippen molar-refractivity contribution in [2.24, 2.45) is 0 Å². The molecule has 0 aliphatic rings. The van der Waals surface area contributed by atoms with Gasteiger partial charge in [0.2, 0.25) is 5.89 Å². The van der Waals surface area contributed by atoms with Crippen LogP contribution in [0.5, 0.6) is 0 Å².